The summed E-state index contributed by atoms with van der Waals surface area (Å²) in [6.07, 6.45) is 0. The van der Waals surface area contributed by atoms with Crippen molar-refractivity contribution in [2.24, 2.45) is 0 Å². The summed E-state index contributed by atoms with van der Waals surface area (Å²) in [4.78, 5) is 0. The molecule has 0 fully saturated rings. The minimum Gasteiger partial charge on any atom is -0.870 e. The van der Waals surface area contributed by atoms with Gasteiger partial charge in [-0.1, -0.05) is 0 Å². The van der Waals surface area contributed by atoms with E-state index in [0.29, 0.717) is 0 Å². The summed E-state index contributed by atoms with van der Waals surface area (Å²) in [5, 5.41) is 0. The zero-order chi connectivity index (χ0) is 4.50. The standard InChI is InChI=1S/Li.H2O4Se.H2O/c;1-5(2,3)4;/h;(H2,1,2,3,4);1H2/q+1;;/p-1. The van der Waals surface area contributed by atoms with Crippen LogP contribution in [-0.2, 0) is 7.67 Å². The fraction of sp³-hybridized carbons (Fsp3) is 0. The Morgan fingerprint density at radius 1 is 1.14 bits per heavy atom. The van der Waals surface area contributed by atoms with Crippen molar-refractivity contribution in [3.8, 4) is 0 Å². The molecule has 0 atom stereocenters. The van der Waals surface area contributed by atoms with Gasteiger partial charge in [0.1, 0.15) is 0 Å². The van der Waals surface area contributed by atoms with Crippen LogP contribution in [0.1, 0.15) is 0 Å². The molecule has 0 spiro atoms. The van der Waals surface area contributed by atoms with Crippen LogP contribution in [0, 0.1) is 0 Å². The van der Waals surface area contributed by atoms with E-state index in [1.165, 1.54) is 0 Å². The maximum atomic E-state index is 8.82. The Kier molecular flexibility index (Phi) is 10.6. The molecule has 3 N–H and O–H groups in total. The smallest absolute Gasteiger partial charge is 0.870 e. The van der Waals surface area contributed by atoms with Crippen LogP contribution in [-0.4, -0.2) is 27.2 Å². The van der Waals surface area contributed by atoms with Crippen molar-refractivity contribution in [1.82, 2.24) is 0 Å². The van der Waals surface area contributed by atoms with Gasteiger partial charge in [-0.05, 0) is 0 Å². The monoisotopic (exact) mass is 170 g/mol. The van der Waals surface area contributed by atoms with E-state index in [4.69, 9.17) is 16.0 Å². The topological polar surface area (TPSA) is 105 Å². The van der Waals surface area contributed by atoms with Crippen molar-refractivity contribution < 1.29 is 40.4 Å². The van der Waals surface area contributed by atoms with Gasteiger partial charge in [-0.3, -0.25) is 0 Å². The summed E-state index contributed by atoms with van der Waals surface area (Å²) in [6, 6.07) is 0. The summed E-state index contributed by atoms with van der Waals surface area (Å²) in [5.41, 5.74) is 0. The second kappa shape index (κ2) is 4.75. The van der Waals surface area contributed by atoms with E-state index in [2.05, 4.69) is 0 Å². The summed E-state index contributed by atoms with van der Waals surface area (Å²) in [7, 11) is 0. The van der Waals surface area contributed by atoms with Gasteiger partial charge in [0.25, 0.3) is 0 Å². The molecule has 0 saturated heterocycles. The van der Waals surface area contributed by atoms with Gasteiger partial charge in [0, 0.05) is 0 Å². The van der Waals surface area contributed by atoms with Crippen LogP contribution < -0.4 is 18.9 Å². The maximum Gasteiger partial charge on any atom is 1.00 e. The number of rotatable bonds is 0. The molecule has 0 unspecified atom stereocenters. The van der Waals surface area contributed by atoms with E-state index >= 15 is 0 Å². The van der Waals surface area contributed by atoms with Crippen LogP contribution >= 0.6 is 0 Å². The molecule has 0 aliphatic carbocycles. The third-order valence-electron chi connectivity index (χ3n) is 0. The minimum absolute atomic E-state index is 0. The molecule has 0 saturated carbocycles. The van der Waals surface area contributed by atoms with Gasteiger partial charge in [0.15, 0.2) is 0 Å². The molecule has 0 aromatic rings. The second-order valence-corrected chi connectivity index (χ2v) is 2.33. The summed E-state index contributed by atoms with van der Waals surface area (Å²) >= 11 is -5.25. The number of hydrogen-bond acceptors (Lipinski definition) is 3. The first-order chi connectivity index (χ1) is 2.00. The molecular weight excluding hydrogens is 166 g/mol. The van der Waals surface area contributed by atoms with E-state index < -0.39 is 13.4 Å². The van der Waals surface area contributed by atoms with Crippen LogP contribution in [0.25, 0.3) is 0 Å². The quantitative estimate of drug-likeness (QED) is 0.353. The van der Waals surface area contributed by atoms with Crippen molar-refractivity contribution >= 4 is 13.4 Å². The Labute approximate surface area is 54.1 Å². The third kappa shape index (κ3) is 391. The van der Waals surface area contributed by atoms with Gasteiger partial charge in [-0.2, -0.15) is 0 Å². The fourth-order valence-corrected chi connectivity index (χ4v) is 0. The molecular formula is H3LiO5Se. The van der Waals surface area contributed by atoms with Crippen LogP contribution in [0.15, 0.2) is 0 Å². The summed E-state index contributed by atoms with van der Waals surface area (Å²) < 4.78 is 31.9. The molecule has 0 rings (SSSR count). The van der Waals surface area contributed by atoms with Crippen molar-refractivity contribution in [1.29, 1.82) is 0 Å². The van der Waals surface area contributed by atoms with Crippen LogP contribution in [0.3, 0.4) is 0 Å². The van der Waals surface area contributed by atoms with E-state index in [1.807, 2.05) is 0 Å². The molecule has 40 valence electrons. The average molecular weight is 169 g/mol. The van der Waals surface area contributed by atoms with E-state index in [0.717, 1.165) is 0 Å². The third-order valence-corrected chi connectivity index (χ3v) is 0. The first-order valence-corrected chi connectivity index (χ1v) is 3.63. The molecule has 0 amide bonds. The zero-order valence-electron chi connectivity index (χ0n) is 3.57. The maximum absolute atomic E-state index is 8.82. The van der Waals surface area contributed by atoms with Crippen LogP contribution in [0.2, 0.25) is 0 Å². The van der Waals surface area contributed by atoms with Crippen molar-refractivity contribution in [3.63, 3.8) is 0 Å². The van der Waals surface area contributed by atoms with Gasteiger partial charge in [0.2, 0.25) is 0 Å². The first-order valence-electron chi connectivity index (χ1n) is 0.698. The Hall–Kier alpha value is 0.597. The Balaban J connectivity index is -0.0000000800. The normalized spacial score (nSPS) is 8.29. The summed E-state index contributed by atoms with van der Waals surface area (Å²) in [6.45, 7) is 0. The van der Waals surface area contributed by atoms with Crippen molar-refractivity contribution in [2.75, 3.05) is 0 Å². The molecule has 0 bridgehead atoms. The molecule has 0 aromatic heterocycles. The summed E-state index contributed by atoms with van der Waals surface area (Å²) in [5.74, 6) is 0. The fourth-order valence-electron chi connectivity index (χ4n) is 0. The molecule has 7 heavy (non-hydrogen) atoms. The predicted octanol–water partition coefficient (Wildman–Crippen LogP) is -4.91. The Morgan fingerprint density at radius 2 is 1.14 bits per heavy atom. The van der Waals surface area contributed by atoms with Gasteiger partial charge in [-0.25, -0.2) is 0 Å². The zero-order valence-corrected chi connectivity index (χ0v) is 5.28. The van der Waals surface area contributed by atoms with E-state index in [-0.39, 0.29) is 24.3 Å². The molecule has 0 heterocycles. The van der Waals surface area contributed by atoms with Gasteiger partial charge in [-0.15, -0.1) is 0 Å². The predicted molar refractivity (Wildman–Crippen MR) is 13.5 cm³/mol. The van der Waals surface area contributed by atoms with Crippen LogP contribution in [0.5, 0.6) is 0 Å². The number of hydrogen-bond donors (Lipinski definition) is 2. The second-order valence-electron chi connectivity index (χ2n) is 0.448. The van der Waals surface area contributed by atoms with Gasteiger partial charge >= 0.3 is 48.3 Å². The molecule has 5 nitrogen and oxygen atoms in total. The largest absolute Gasteiger partial charge is 1.00 e. The van der Waals surface area contributed by atoms with Crippen molar-refractivity contribution in [3.05, 3.63) is 0 Å². The molecule has 0 aliphatic rings. The Bertz CT molecular complexity index is 91.2. The van der Waals surface area contributed by atoms with Gasteiger partial charge in [0.05, 0.1) is 0 Å². The molecule has 0 aliphatic heterocycles. The molecule has 0 aromatic carbocycles. The van der Waals surface area contributed by atoms with Crippen LogP contribution in [0.4, 0.5) is 0 Å². The van der Waals surface area contributed by atoms with Crippen molar-refractivity contribution in [2.45, 2.75) is 0 Å². The minimum atomic E-state index is -5.25. The molecule has 0 radical (unpaired) electrons. The SMILES string of the molecule is O=[Se](=O)(O)O.[Li+].[OH-]. The van der Waals surface area contributed by atoms with E-state index in [9.17, 15) is 0 Å². The first kappa shape index (κ1) is 15.6. The van der Waals surface area contributed by atoms with E-state index in [1.54, 1.807) is 0 Å². The molecule has 7 heteroatoms. The van der Waals surface area contributed by atoms with Gasteiger partial charge < -0.3 is 5.48 Å². The Morgan fingerprint density at radius 3 is 1.14 bits per heavy atom. The average Bonchev–Trinajstić information content (AvgIpc) is 0.722.